The third-order valence-electron chi connectivity index (χ3n) is 5.47. The lowest BCUT2D eigenvalue weighted by molar-refractivity contribution is -0.133. The first kappa shape index (κ1) is 19.1. The quantitative estimate of drug-likeness (QED) is 0.742. The summed E-state index contributed by atoms with van der Waals surface area (Å²) in [4.78, 5) is 31.7. The predicted octanol–water partition coefficient (Wildman–Crippen LogP) is 2.70. The highest BCUT2D eigenvalue weighted by atomic mass is 16.2. The molecule has 1 aliphatic rings. The van der Waals surface area contributed by atoms with Gasteiger partial charge in [-0.15, -0.1) is 0 Å². The van der Waals surface area contributed by atoms with Crippen LogP contribution in [0.15, 0.2) is 42.6 Å². The maximum Gasteiger partial charge on any atom is 0.229 e. The molecule has 2 aromatic heterocycles. The first-order chi connectivity index (χ1) is 14.0. The Bertz CT molecular complexity index is 1040. The van der Waals surface area contributed by atoms with Crippen molar-refractivity contribution in [3.63, 3.8) is 0 Å². The Morgan fingerprint density at radius 1 is 1.24 bits per heavy atom. The molecule has 0 spiro atoms. The molecule has 1 unspecified atom stereocenters. The van der Waals surface area contributed by atoms with Crippen LogP contribution in [0.2, 0.25) is 0 Å². The van der Waals surface area contributed by atoms with Gasteiger partial charge in [-0.25, -0.2) is 4.98 Å². The van der Waals surface area contributed by atoms with Crippen LogP contribution in [0.3, 0.4) is 0 Å². The number of carbonyl (C=O) groups excluding carboxylic acids is 2. The number of hydrogen-bond donors (Lipinski definition) is 1. The molecule has 0 saturated carbocycles. The van der Waals surface area contributed by atoms with Crippen molar-refractivity contribution >= 4 is 28.5 Å². The number of hydrogen-bond acceptors (Lipinski definition) is 4. The normalized spacial score (nSPS) is 16.8. The molecule has 1 fully saturated rings. The number of aryl methyl sites for hydroxylation is 2. The van der Waals surface area contributed by atoms with Crippen LogP contribution >= 0.6 is 0 Å². The highest BCUT2D eigenvalue weighted by Gasteiger charge is 2.28. The molecule has 3 aromatic rings. The first-order valence-electron chi connectivity index (χ1n) is 9.93. The summed E-state index contributed by atoms with van der Waals surface area (Å²) in [7, 11) is 1.85. The number of amides is 2. The minimum absolute atomic E-state index is 0.0649. The van der Waals surface area contributed by atoms with E-state index < -0.39 is 0 Å². The number of piperidine rings is 1. The van der Waals surface area contributed by atoms with Gasteiger partial charge in [-0.1, -0.05) is 30.3 Å². The highest BCUT2D eigenvalue weighted by molar-refractivity contribution is 5.95. The lowest BCUT2D eigenvalue weighted by Gasteiger charge is -2.32. The van der Waals surface area contributed by atoms with E-state index in [1.165, 1.54) is 0 Å². The minimum Gasteiger partial charge on any atom is -0.342 e. The number of likely N-dealkylation sites (tertiary alicyclic amines) is 1. The molecule has 1 aromatic carbocycles. The van der Waals surface area contributed by atoms with E-state index >= 15 is 0 Å². The summed E-state index contributed by atoms with van der Waals surface area (Å²) in [6.07, 6.45) is 3.64. The first-order valence-corrected chi connectivity index (χ1v) is 9.93. The van der Waals surface area contributed by atoms with Gasteiger partial charge in [0.2, 0.25) is 11.8 Å². The second-order valence-corrected chi connectivity index (χ2v) is 7.63. The largest absolute Gasteiger partial charge is 0.342 e. The van der Waals surface area contributed by atoms with Gasteiger partial charge < -0.3 is 10.2 Å². The van der Waals surface area contributed by atoms with Crippen LogP contribution in [-0.2, 0) is 23.1 Å². The standard InChI is InChI=1S/C22H25N5O2/c1-15-19-12-18(13-23-21(19)26(2)25-15)24-22(29)17-9-6-10-27(14-17)20(28)11-16-7-4-3-5-8-16/h3-5,7-8,12-13,17H,6,9-11,14H2,1-2H3,(H,24,29). The fourth-order valence-corrected chi connectivity index (χ4v) is 3.92. The average molecular weight is 391 g/mol. The summed E-state index contributed by atoms with van der Waals surface area (Å²) in [5.74, 6) is -0.207. The molecule has 0 radical (unpaired) electrons. The van der Waals surface area contributed by atoms with E-state index in [2.05, 4.69) is 15.4 Å². The average Bonchev–Trinajstić information content (AvgIpc) is 3.02. The topological polar surface area (TPSA) is 80.1 Å². The zero-order valence-electron chi connectivity index (χ0n) is 16.8. The number of benzene rings is 1. The van der Waals surface area contributed by atoms with E-state index in [1.54, 1.807) is 10.9 Å². The van der Waals surface area contributed by atoms with Crippen molar-refractivity contribution in [2.24, 2.45) is 13.0 Å². The summed E-state index contributed by atoms with van der Waals surface area (Å²) in [5, 5.41) is 8.26. The van der Waals surface area contributed by atoms with Gasteiger partial charge in [0.15, 0.2) is 5.65 Å². The molecule has 1 saturated heterocycles. The van der Waals surface area contributed by atoms with Crippen molar-refractivity contribution in [1.82, 2.24) is 19.7 Å². The Kier molecular flexibility index (Phi) is 5.29. The van der Waals surface area contributed by atoms with Gasteiger partial charge in [0.1, 0.15) is 0 Å². The summed E-state index contributed by atoms with van der Waals surface area (Å²) in [6, 6.07) is 11.6. The molecule has 4 rings (SSSR count). The van der Waals surface area contributed by atoms with Crippen molar-refractivity contribution < 1.29 is 9.59 Å². The van der Waals surface area contributed by atoms with E-state index in [9.17, 15) is 9.59 Å². The van der Waals surface area contributed by atoms with Crippen molar-refractivity contribution in [2.45, 2.75) is 26.2 Å². The molecule has 7 heteroatoms. The van der Waals surface area contributed by atoms with E-state index in [0.29, 0.717) is 25.2 Å². The Morgan fingerprint density at radius 3 is 2.83 bits per heavy atom. The van der Waals surface area contributed by atoms with E-state index in [4.69, 9.17) is 0 Å². The van der Waals surface area contributed by atoms with Crippen LogP contribution < -0.4 is 5.32 Å². The van der Waals surface area contributed by atoms with Gasteiger partial charge in [-0.05, 0) is 31.4 Å². The number of nitrogens with one attached hydrogen (secondary N) is 1. The third-order valence-corrected chi connectivity index (χ3v) is 5.47. The monoisotopic (exact) mass is 391 g/mol. The van der Waals surface area contributed by atoms with Gasteiger partial charge in [0.25, 0.3) is 0 Å². The molecule has 3 heterocycles. The molecule has 2 amide bonds. The van der Waals surface area contributed by atoms with Crippen molar-refractivity contribution in [1.29, 1.82) is 0 Å². The van der Waals surface area contributed by atoms with Crippen molar-refractivity contribution in [3.8, 4) is 0 Å². The molecule has 150 valence electrons. The number of fused-ring (bicyclic) bond motifs is 1. The Balaban J connectivity index is 1.41. The van der Waals surface area contributed by atoms with E-state index in [0.717, 1.165) is 35.1 Å². The van der Waals surface area contributed by atoms with Gasteiger partial charge in [-0.3, -0.25) is 14.3 Å². The molecule has 0 bridgehead atoms. The molecule has 7 nitrogen and oxygen atoms in total. The van der Waals surface area contributed by atoms with E-state index in [-0.39, 0.29) is 17.7 Å². The Labute approximate surface area is 169 Å². The summed E-state index contributed by atoms with van der Waals surface area (Å²) in [6.45, 7) is 3.09. The molecular formula is C22H25N5O2. The predicted molar refractivity (Wildman–Crippen MR) is 111 cm³/mol. The third kappa shape index (κ3) is 4.13. The number of anilines is 1. The molecule has 29 heavy (non-hydrogen) atoms. The van der Waals surface area contributed by atoms with Gasteiger partial charge in [0, 0.05) is 25.5 Å². The Morgan fingerprint density at radius 2 is 2.03 bits per heavy atom. The highest BCUT2D eigenvalue weighted by Crippen LogP contribution is 2.22. The summed E-state index contributed by atoms with van der Waals surface area (Å²) >= 11 is 0. The molecular weight excluding hydrogens is 366 g/mol. The lowest BCUT2D eigenvalue weighted by Crippen LogP contribution is -2.44. The smallest absolute Gasteiger partial charge is 0.229 e. The van der Waals surface area contributed by atoms with Gasteiger partial charge >= 0.3 is 0 Å². The second-order valence-electron chi connectivity index (χ2n) is 7.63. The summed E-state index contributed by atoms with van der Waals surface area (Å²) < 4.78 is 1.73. The van der Waals surface area contributed by atoms with E-state index in [1.807, 2.05) is 55.3 Å². The molecule has 0 aliphatic carbocycles. The number of carbonyl (C=O) groups is 2. The lowest BCUT2D eigenvalue weighted by atomic mass is 9.96. The zero-order chi connectivity index (χ0) is 20.4. The van der Waals surface area contributed by atoms with Crippen LogP contribution in [-0.4, -0.2) is 44.6 Å². The minimum atomic E-state index is -0.214. The van der Waals surface area contributed by atoms with Gasteiger partial charge in [0.05, 0.1) is 29.9 Å². The van der Waals surface area contributed by atoms with Crippen LogP contribution in [0.25, 0.3) is 11.0 Å². The molecule has 1 atom stereocenters. The summed E-state index contributed by atoms with van der Waals surface area (Å²) in [5.41, 5.74) is 3.32. The number of pyridine rings is 1. The van der Waals surface area contributed by atoms with Crippen LogP contribution in [0, 0.1) is 12.8 Å². The number of nitrogens with zero attached hydrogens (tertiary/aromatic N) is 4. The second kappa shape index (κ2) is 8.03. The number of rotatable bonds is 4. The van der Waals surface area contributed by atoms with Crippen LogP contribution in [0.1, 0.15) is 24.1 Å². The zero-order valence-corrected chi connectivity index (χ0v) is 16.8. The van der Waals surface area contributed by atoms with Crippen LogP contribution in [0.4, 0.5) is 5.69 Å². The molecule has 1 N–H and O–H groups in total. The SMILES string of the molecule is Cc1nn(C)c2ncc(NC(=O)C3CCCN(C(=O)Cc4ccccc4)C3)cc12. The van der Waals surface area contributed by atoms with Crippen molar-refractivity contribution in [3.05, 3.63) is 53.9 Å². The van der Waals surface area contributed by atoms with Gasteiger partial charge in [-0.2, -0.15) is 5.10 Å². The van der Waals surface area contributed by atoms with Crippen molar-refractivity contribution in [2.75, 3.05) is 18.4 Å². The molecule has 1 aliphatic heterocycles. The maximum atomic E-state index is 12.8. The fraction of sp³-hybridized carbons (Fsp3) is 0.364. The van der Waals surface area contributed by atoms with Crippen LogP contribution in [0.5, 0.6) is 0 Å². The maximum absolute atomic E-state index is 12.8. The Hall–Kier alpha value is -3.22. The number of aromatic nitrogens is 3. The fourth-order valence-electron chi connectivity index (χ4n) is 3.92.